The molecular weight excluding hydrogens is 299 g/mol. The lowest BCUT2D eigenvalue weighted by molar-refractivity contribution is -0.126. The predicted octanol–water partition coefficient (Wildman–Crippen LogP) is 3.10. The minimum absolute atomic E-state index is 0.291. The van der Waals surface area contributed by atoms with Crippen LogP contribution in [0.1, 0.15) is 32.0 Å². The van der Waals surface area contributed by atoms with Gasteiger partial charge in [-0.1, -0.05) is 12.1 Å². The number of amides is 1. The highest BCUT2D eigenvalue weighted by Gasteiger charge is 2.56. The van der Waals surface area contributed by atoms with Gasteiger partial charge in [-0.05, 0) is 45.7 Å². The van der Waals surface area contributed by atoms with Crippen molar-refractivity contribution >= 4 is 17.0 Å². The van der Waals surface area contributed by atoms with E-state index in [4.69, 9.17) is 4.74 Å². The number of hydrogen-bond donors (Lipinski definition) is 2. The van der Waals surface area contributed by atoms with Crippen molar-refractivity contribution in [1.82, 2.24) is 9.88 Å². The van der Waals surface area contributed by atoms with Gasteiger partial charge in [0.25, 0.3) is 0 Å². The van der Waals surface area contributed by atoms with Crippen LogP contribution in [0.25, 0.3) is 10.9 Å². The van der Waals surface area contributed by atoms with Crippen LogP contribution in [0, 0.1) is 12.7 Å². The predicted molar refractivity (Wildman–Crippen MR) is 84.6 cm³/mol. The number of para-hydroxylation sites is 1. The number of carbonyl (C=O) groups excluding carboxylic acids is 1. The number of aliphatic hydroxyl groups is 1. The number of aromatic amines is 1. The van der Waals surface area contributed by atoms with E-state index in [0.29, 0.717) is 18.5 Å². The van der Waals surface area contributed by atoms with Crippen LogP contribution in [0.3, 0.4) is 0 Å². The fourth-order valence-corrected chi connectivity index (χ4v) is 3.10. The first-order chi connectivity index (χ1) is 10.6. The fraction of sp³-hybridized carbons (Fsp3) is 0.471. The molecule has 1 amide bonds. The van der Waals surface area contributed by atoms with Crippen LogP contribution in [-0.2, 0) is 11.2 Å². The summed E-state index contributed by atoms with van der Waals surface area (Å²) in [5.74, 6) is -0.300. The molecule has 2 aromatic rings. The normalized spacial score (nSPS) is 23.6. The molecule has 0 unspecified atom stereocenters. The van der Waals surface area contributed by atoms with Crippen LogP contribution < -0.4 is 0 Å². The minimum Gasteiger partial charge on any atom is -0.438 e. The molecule has 0 saturated carbocycles. The monoisotopic (exact) mass is 320 g/mol. The molecule has 1 aromatic heterocycles. The summed E-state index contributed by atoms with van der Waals surface area (Å²) in [5, 5.41) is 11.4. The molecule has 0 radical (unpaired) electrons. The molecule has 23 heavy (non-hydrogen) atoms. The number of benzene rings is 1. The molecular formula is C17H21FN2O3. The number of cyclic esters (lactones) is 1. The van der Waals surface area contributed by atoms with Gasteiger partial charge in [0.1, 0.15) is 5.82 Å². The van der Waals surface area contributed by atoms with E-state index in [1.54, 1.807) is 26.8 Å². The zero-order chi connectivity index (χ0) is 17.0. The van der Waals surface area contributed by atoms with Gasteiger partial charge in [0, 0.05) is 17.6 Å². The number of carbonyl (C=O) groups is 1. The van der Waals surface area contributed by atoms with Gasteiger partial charge in [0.2, 0.25) is 0 Å². The Morgan fingerprint density at radius 2 is 2.04 bits per heavy atom. The molecule has 0 aliphatic carbocycles. The van der Waals surface area contributed by atoms with E-state index in [1.165, 1.54) is 11.0 Å². The average Bonchev–Trinajstić information content (AvgIpc) is 2.82. The van der Waals surface area contributed by atoms with Crippen LogP contribution >= 0.6 is 0 Å². The van der Waals surface area contributed by atoms with E-state index < -0.39 is 17.4 Å². The average molecular weight is 320 g/mol. The van der Waals surface area contributed by atoms with Crippen molar-refractivity contribution in [2.75, 3.05) is 6.54 Å². The van der Waals surface area contributed by atoms with Crippen molar-refractivity contribution in [2.24, 2.45) is 0 Å². The fourth-order valence-electron chi connectivity index (χ4n) is 3.10. The van der Waals surface area contributed by atoms with Crippen LogP contribution in [0.4, 0.5) is 9.18 Å². The lowest BCUT2D eigenvalue weighted by Gasteiger charge is -2.34. The van der Waals surface area contributed by atoms with Crippen molar-refractivity contribution in [3.05, 3.63) is 35.3 Å². The van der Waals surface area contributed by atoms with Crippen LogP contribution in [0.5, 0.6) is 0 Å². The zero-order valence-electron chi connectivity index (χ0n) is 13.7. The highest BCUT2D eigenvalue weighted by Crippen LogP contribution is 2.37. The molecule has 1 atom stereocenters. The topological polar surface area (TPSA) is 65.6 Å². The van der Waals surface area contributed by atoms with Crippen molar-refractivity contribution in [1.29, 1.82) is 0 Å². The lowest BCUT2D eigenvalue weighted by atomic mass is 9.95. The maximum absolute atomic E-state index is 13.9. The number of fused-ring (bicyclic) bond motifs is 1. The van der Waals surface area contributed by atoms with Gasteiger partial charge in [0.05, 0.1) is 5.52 Å². The van der Waals surface area contributed by atoms with Gasteiger partial charge < -0.3 is 14.8 Å². The summed E-state index contributed by atoms with van der Waals surface area (Å²) in [6.45, 7) is 7.09. The van der Waals surface area contributed by atoms with E-state index in [9.17, 15) is 14.3 Å². The second-order valence-corrected chi connectivity index (χ2v) is 6.69. The van der Waals surface area contributed by atoms with Gasteiger partial charge in [-0.3, -0.25) is 4.90 Å². The Morgan fingerprint density at radius 1 is 1.35 bits per heavy atom. The Labute approximate surface area is 134 Å². The standard InChI is InChI=1S/C17H21FN2O3/c1-10-11(12-6-5-7-13(18)14(12)19-10)8-9-20-15(21)23-16(2,3)17(20,4)22/h5-7,19,22H,8-9H2,1-4H3/t17-/m1/s1. The Balaban J connectivity index is 1.89. The molecule has 1 aliphatic rings. The minimum atomic E-state index is -1.39. The second-order valence-electron chi connectivity index (χ2n) is 6.69. The quantitative estimate of drug-likeness (QED) is 0.913. The smallest absolute Gasteiger partial charge is 0.412 e. The van der Waals surface area contributed by atoms with Gasteiger partial charge >= 0.3 is 6.09 Å². The Morgan fingerprint density at radius 3 is 2.65 bits per heavy atom. The summed E-state index contributed by atoms with van der Waals surface area (Å²) >= 11 is 0. The van der Waals surface area contributed by atoms with E-state index in [2.05, 4.69) is 4.98 Å². The van der Waals surface area contributed by atoms with E-state index >= 15 is 0 Å². The number of H-pyrrole nitrogens is 1. The Kier molecular flexibility index (Phi) is 3.41. The van der Waals surface area contributed by atoms with Crippen molar-refractivity contribution in [3.63, 3.8) is 0 Å². The van der Waals surface area contributed by atoms with Crippen molar-refractivity contribution < 1.29 is 19.0 Å². The zero-order valence-corrected chi connectivity index (χ0v) is 13.7. The number of hydrogen-bond acceptors (Lipinski definition) is 3. The molecule has 0 spiro atoms. The maximum atomic E-state index is 13.9. The summed E-state index contributed by atoms with van der Waals surface area (Å²) in [6.07, 6.45) is -0.0416. The Bertz CT molecular complexity index is 779. The number of ether oxygens (including phenoxy) is 1. The van der Waals surface area contributed by atoms with Crippen LogP contribution in [0.2, 0.25) is 0 Å². The molecule has 1 aliphatic heterocycles. The third kappa shape index (κ3) is 2.28. The first kappa shape index (κ1) is 15.8. The maximum Gasteiger partial charge on any atom is 0.412 e. The highest BCUT2D eigenvalue weighted by atomic mass is 19.1. The van der Waals surface area contributed by atoms with Gasteiger partial charge in [-0.15, -0.1) is 0 Å². The van der Waals surface area contributed by atoms with Crippen LogP contribution in [0.15, 0.2) is 18.2 Å². The number of aryl methyl sites for hydroxylation is 1. The molecule has 1 fully saturated rings. The van der Waals surface area contributed by atoms with E-state index in [0.717, 1.165) is 16.6 Å². The molecule has 2 heterocycles. The number of nitrogens with zero attached hydrogens (tertiary/aromatic N) is 1. The number of rotatable bonds is 3. The molecule has 6 heteroatoms. The number of nitrogens with one attached hydrogen (secondary N) is 1. The van der Waals surface area contributed by atoms with Gasteiger partial charge in [-0.25, -0.2) is 9.18 Å². The first-order valence-corrected chi connectivity index (χ1v) is 7.64. The van der Waals surface area contributed by atoms with E-state index in [1.807, 2.05) is 13.0 Å². The van der Waals surface area contributed by atoms with Gasteiger partial charge in [-0.2, -0.15) is 0 Å². The highest BCUT2D eigenvalue weighted by molar-refractivity contribution is 5.85. The first-order valence-electron chi connectivity index (χ1n) is 7.64. The molecule has 3 rings (SSSR count). The molecule has 2 N–H and O–H groups in total. The summed E-state index contributed by atoms with van der Waals surface area (Å²) in [6, 6.07) is 4.92. The molecule has 0 bridgehead atoms. The van der Waals surface area contributed by atoms with E-state index in [-0.39, 0.29) is 5.82 Å². The third-order valence-electron chi connectivity index (χ3n) is 4.92. The molecule has 1 aromatic carbocycles. The lowest BCUT2D eigenvalue weighted by Crippen LogP contribution is -2.54. The largest absolute Gasteiger partial charge is 0.438 e. The summed E-state index contributed by atoms with van der Waals surface area (Å²) in [5.41, 5.74) is -0.110. The summed E-state index contributed by atoms with van der Waals surface area (Å²) < 4.78 is 19.1. The van der Waals surface area contributed by atoms with Crippen LogP contribution in [-0.4, -0.2) is 39.0 Å². The number of halogens is 1. The third-order valence-corrected chi connectivity index (χ3v) is 4.92. The molecule has 1 saturated heterocycles. The SMILES string of the molecule is Cc1[nH]c2c(F)cccc2c1CCN1C(=O)OC(C)(C)[C@@]1(C)O. The Hall–Kier alpha value is -2.08. The summed E-state index contributed by atoms with van der Waals surface area (Å²) in [7, 11) is 0. The summed E-state index contributed by atoms with van der Waals surface area (Å²) in [4.78, 5) is 16.4. The van der Waals surface area contributed by atoms with Crippen molar-refractivity contribution in [3.8, 4) is 0 Å². The van der Waals surface area contributed by atoms with Crippen molar-refractivity contribution in [2.45, 2.75) is 45.4 Å². The second kappa shape index (κ2) is 4.96. The molecule has 5 nitrogen and oxygen atoms in total. The van der Waals surface area contributed by atoms with Gasteiger partial charge in [0.15, 0.2) is 11.3 Å². The number of aromatic nitrogens is 1. The molecule has 124 valence electrons.